The average Bonchev–Trinajstić information content (AvgIpc) is 2.37. The number of aryl methyl sites for hydroxylation is 3. The predicted molar refractivity (Wildman–Crippen MR) is 71.6 cm³/mol. The molecule has 0 atom stereocenters. The van der Waals surface area contributed by atoms with Crippen LogP contribution in [0.25, 0.3) is 10.9 Å². The molecule has 4 heteroatoms. The molecule has 1 aromatic carbocycles. The van der Waals surface area contributed by atoms with Crippen LogP contribution in [0.2, 0.25) is 0 Å². The van der Waals surface area contributed by atoms with Crippen molar-refractivity contribution in [1.29, 1.82) is 0 Å². The molecule has 0 aliphatic heterocycles. The van der Waals surface area contributed by atoms with Gasteiger partial charge in [-0.05, 0) is 49.6 Å². The van der Waals surface area contributed by atoms with E-state index in [1.807, 2.05) is 13.8 Å². The molecule has 0 radical (unpaired) electrons. The van der Waals surface area contributed by atoms with E-state index in [2.05, 4.69) is 9.72 Å². The molecule has 2 aromatic rings. The van der Waals surface area contributed by atoms with Crippen LogP contribution in [0.1, 0.15) is 22.4 Å². The number of pyridine rings is 1. The minimum Gasteiger partial charge on any atom is -0.469 e. The lowest BCUT2D eigenvalue weighted by Gasteiger charge is -2.12. The molecule has 0 aliphatic carbocycles. The molecule has 19 heavy (non-hydrogen) atoms. The molecule has 0 amide bonds. The lowest BCUT2D eigenvalue weighted by atomic mass is 9.98. The Morgan fingerprint density at radius 2 is 2.00 bits per heavy atom. The number of nitrogens with zero attached hydrogens (tertiary/aromatic N) is 1. The van der Waals surface area contributed by atoms with Crippen LogP contribution < -0.4 is 0 Å². The van der Waals surface area contributed by atoms with Crippen LogP contribution in [0.3, 0.4) is 0 Å². The molecule has 0 spiro atoms. The zero-order valence-corrected chi connectivity index (χ0v) is 11.5. The lowest BCUT2D eigenvalue weighted by Crippen LogP contribution is -2.09. The van der Waals surface area contributed by atoms with Gasteiger partial charge in [-0.2, -0.15) is 0 Å². The third-order valence-corrected chi connectivity index (χ3v) is 3.41. The van der Waals surface area contributed by atoms with Crippen LogP contribution in [0, 0.1) is 26.6 Å². The summed E-state index contributed by atoms with van der Waals surface area (Å²) >= 11 is 0. The first kappa shape index (κ1) is 13.5. The third kappa shape index (κ3) is 2.43. The number of ether oxygens (including phenoxy) is 1. The second kappa shape index (κ2) is 4.96. The van der Waals surface area contributed by atoms with Crippen LogP contribution in [0.15, 0.2) is 12.1 Å². The first-order valence-corrected chi connectivity index (χ1v) is 6.06. The summed E-state index contributed by atoms with van der Waals surface area (Å²) in [6.45, 7) is 5.44. The molecule has 3 nitrogen and oxygen atoms in total. The third-order valence-electron chi connectivity index (χ3n) is 3.41. The normalized spacial score (nSPS) is 10.8. The van der Waals surface area contributed by atoms with Crippen LogP contribution in [0.5, 0.6) is 0 Å². The van der Waals surface area contributed by atoms with Crippen molar-refractivity contribution < 1.29 is 13.9 Å². The van der Waals surface area contributed by atoms with Gasteiger partial charge in [0, 0.05) is 11.1 Å². The quantitative estimate of drug-likeness (QED) is 0.780. The van der Waals surface area contributed by atoms with Gasteiger partial charge in [-0.15, -0.1) is 0 Å². The number of hydrogen-bond acceptors (Lipinski definition) is 3. The number of hydrogen-bond donors (Lipinski definition) is 0. The van der Waals surface area contributed by atoms with E-state index in [0.717, 1.165) is 27.7 Å². The maximum absolute atomic E-state index is 13.7. The van der Waals surface area contributed by atoms with Crippen molar-refractivity contribution in [2.75, 3.05) is 7.11 Å². The Bertz CT molecular complexity index is 665. The zero-order chi connectivity index (χ0) is 14.2. The highest BCUT2D eigenvalue weighted by Crippen LogP contribution is 2.25. The highest BCUT2D eigenvalue weighted by atomic mass is 19.1. The summed E-state index contributed by atoms with van der Waals surface area (Å²) in [5, 5.41) is 0.743. The summed E-state index contributed by atoms with van der Waals surface area (Å²) < 4.78 is 18.3. The predicted octanol–water partition coefficient (Wildman–Crippen LogP) is 3.01. The molecule has 0 fully saturated rings. The number of carbonyl (C=O) groups excluding carboxylic acids is 1. The molecule has 1 aromatic heterocycles. The molecular weight excluding hydrogens is 245 g/mol. The number of carbonyl (C=O) groups is 1. The highest BCUT2D eigenvalue weighted by Gasteiger charge is 2.14. The standard InChI is InChI=1S/C15H16FNO2/c1-8-5-14-12(6-13(8)16)9(2)11(10(3)17-14)7-15(18)19-4/h5-6H,7H2,1-4H3. The fourth-order valence-corrected chi connectivity index (χ4v) is 2.22. The van der Waals surface area contributed by atoms with E-state index >= 15 is 0 Å². The average molecular weight is 261 g/mol. The first-order valence-electron chi connectivity index (χ1n) is 6.06. The van der Waals surface area contributed by atoms with Crippen LogP contribution in [-0.4, -0.2) is 18.1 Å². The second-order valence-corrected chi connectivity index (χ2v) is 4.67. The number of fused-ring (bicyclic) bond motifs is 1. The fraction of sp³-hybridized carbons (Fsp3) is 0.333. The van der Waals surface area contributed by atoms with E-state index in [-0.39, 0.29) is 18.2 Å². The minimum atomic E-state index is -0.320. The molecule has 0 bridgehead atoms. The number of benzene rings is 1. The van der Waals surface area contributed by atoms with Gasteiger partial charge >= 0.3 is 5.97 Å². The Morgan fingerprint density at radius 1 is 1.32 bits per heavy atom. The summed E-state index contributed by atoms with van der Waals surface area (Å²) in [5.74, 6) is -0.579. The van der Waals surface area contributed by atoms with Gasteiger partial charge in [0.05, 0.1) is 19.0 Å². The topological polar surface area (TPSA) is 39.2 Å². The van der Waals surface area contributed by atoms with Crippen molar-refractivity contribution in [1.82, 2.24) is 4.98 Å². The Morgan fingerprint density at radius 3 is 2.63 bits per heavy atom. The van der Waals surface area contributed by atoms with E-state index in [1.54, 1.807) is 13.0 Å². The van der Waals surface area contributed by atoms with Gasteiger partial charge < -0.3 is 4.74 Å². The zero-order valence-electron chi connectivity index (χ0n) is 11.5. The van der Waals surface area contributed by atoms with E-state index in [0.29, 0.717) is 5.56 Å². The van der Waals surface area contributed by atoms with Gasteiger partial charge in [-0.3, -0.25) is 9.78 Å². The van der Waals surface area contributed by atoms with Crippen LogP contribution >= 0.6 is 0 Å². The second-order valence-electron chi connectivity index (χ2n) is 4.67. The largest absolute Gasteiger partial charge is 0.469 e. The number of methoxy groups -OCH3 is 1. The van der Waals surface area contributed by atoms with Crippen LogP contribution in [0.4, 0.5) is 4.39 Å². The molecule has 1 heterocycles. The summed E-state index contributed by atoms with van der Waals surface area (Å²) in [4.78, 5) is 15.9. The molecule has 0 saturated carbocycles. The number of aromatic nitrogens is 1. The van der Waals surface area contributed by atoms with Crippen molar-refractivity contribution in [2.45, 2.75) is 27.2 Å². The van der Waals surface area contributed by atoms with Gasteiger partial charge in [-0.1, -0.05) is 0 Å². The number of halogens is 1. The van der Waals surface area contributed by atoms with Gasteiger partial charge in [0.15, 0.2) is 0 Å². The molecule has 0 saturated heterocycles. The van der Waals surface area contributed by atoms with Crippen molar-refractivity contribution in [2.24, 2.45) is 0 Å². The number of rotatable bonds is 2. The Hall–Kier alpha value is -1.97. The fourth-order valence-electron chi connectivity index (χ4n) is 2.22. The SMILES string of the molecule is COC(=O)Cc1c(C)nc2cc(C)c(F)cc2c1C. The van der Waals surface area contributed by atoms with Crippen LogP contribution in [-0.2, 0) is 16.0 Å². The van der Waals surface area contributed by atoms with Gasteiger partial charge in [0.1, 0.15) is 5.82 Å². The van der Waals surface area contributed by atoms with Gasteiger partial charge in [-0.25, -0.2) is 4.39 Å². The molecule has 0 aliphatic rings. The summed E-state index contributed by atoms with van der Waals surface area (Å²) in [6, 6.07) is 3.21. The van der Waals surface area contributed by atoms with Gasteiger partial charge in [0.25, 0.3) is 0 Å². The Balaban J connectivity index is 2.67. The van der Waals surface area contributed by atoms with Crippen molar-refractivity contribution in [3.63, 3.8) is 0 Å². The highest BCUT2D eigenvalue weighted by molar-refractivity contribution is 5.86. The molecule has 100 valence electrons. The van der Waals surface area contributed by atoms with E-state index in [1.165, 1.54) is 13.2 Å². The van der Waals surface area contributed by atoms with Gasteiger partial charge in [0.2, 0.25) is 0 Å². The van der Waals surface area contributed by atoms with Crippen molar-refractivity contribution in [3.8, 4) is 0 Å². The maximum atomic E-state index is 13.7. The summed E-state index contributed by atoms with van der Waals surface area (Å²) in [7, 11) is 1.35. The molecular formula is C15H16FNO2. The van der Waals surface area contributed by atoms with E-state index in [9.17, 15) is 9.18 Å². The lowest BCUT2D eigenvalue weighted by molar-refractivity contribution is -0.139. The first-order chi connectivity index (χ1) is 8.93. The monoisotopic (exact) mass is 261 g/mol. The van der Waals surface area contributed by atoms with E-state index in [4.69, 9.17) is 0 Å². The van der Waals surface area contributed by atoms with Crippen molar-refractivity contribution in [3.05, 3.63) is 40.3 Å². The molecule has 0 N–H and O–H groups in total. The number of esters is 1. The van der Waals surface area contributed by atoms with E-state index < -0.39 is 0 Å². The smallest absolute Gasteiger partial charge is 0.310 e. The molecule has 2 rings (SSSR count). The Labute approximate surface area is 111 Å². The molecule has 0 unspecified atom stereocenters. The summed E-state index contributed by atoms with van der Waals surface area (Å²) in [5.41, 5.74) is 3.79. The Kier molecular flexibility index (Phi) is 3.51. The van der Waals surface area contributed by atoms with Crippen molar-refractivity contribution >= 4 is 16.9 Å². The minimum absolute atomic E-state index is 0.159. The summed E-state index contributed by atoms with van der Waals surface area (Å²) in [6.07, 6.45) is 0.159. The maximum Gasteiger partial charge on any atom is 0.310 e.